The molecule has 0 bridgehead atoms. The van der Waals surface area contributed by atoms with E-state index in [1.807, 2.05) is 18.2 Å². The van der Waals surface area contributed by atoms with Crippen LogP contribution in [0.25, 0.3) is 0 Å². The number of nitrogens with zero attached hydrogens (tertiary/aromatic N) is 1. The number of anilines is 1. The van der Waals surface area contributed by atoms with E-state index in [0.717, 1.165) is 16.8 Å². The molecule has 2 aromatic rings. The number of hydrogen-bond donors (Lipinski definition) is 1. The van der Waals surface area contributed by atoms with Crippen molar-refractivity contribution in [3.05, 3.63) is 64.2 Å². The van der Waals surface area contributed by atoms with E-state index in [9.17, 15) is 9.59 Å². The fourth-order valence-electron chi connectivity index (χ4n) is 2.49. The third-order valence-electron chi connectivity index (χ3n) is 3.55. The summed E-state index contributed by atoms with van der Waals surface area (Å²) in [4.78, 5) is 24.8. The van der Waals surface area contributed by atoms with Gasteiger partial charge in [0.15, 0.2) is 0 Å². The molecule has 0 saturated carbocycles. The van der Waals surface area contributed by atoms with Crippen molar-refractivity contribution in [2.24, 2.45) is 0 Å². The van der Waals surface area contributed by atoms with Crippen LogP contribution in [0.15, 0.2) is 42.5 Å². The maximum Gasteiger partial charge on any atom is 0.335 e. The lowest BCUT2D eigenvalue weighted by Gasteiger charge is -2.18. The van der Waals surface area contributed by atoms with Crippen molar-refractivity contribution >= 4 is 29.2 Å². The van der Waals surface area contributed by atoms with Gasteiger partial charge < -0.3 is 10.0 Å². The van der Waals surface area contributed by atoms with Crippen LogP contribution in [0, 0.1) is 0 Å². The van der Waals surface area contributed by atoms with Crippen LogP contribution in [0.3, 0.4) is 0 Å². The first-order valence-corrected chi connectivity index (χ1v) is 6.84. The molecular formula is C16H12ClNO3. The Kier molecular flexibility index (Phi) is 3.39. The number of fused-ring (bicyclic) bond motifs is 1. The van der Waals surface area contributed by atoms with E-state index >= 15 is 0 Å². The second-order valence-corrected chi connectivity index (χ2v) is 5.30. The summed E-state index contributed by atoms with van der Waals surface area (Å²) in [5.41, 5.74) is 2.56. The molecule has 3 rings (SSSR count). The van der Waals surface area contributed by atoms with Gasteiger partial charge in [0, 0.05) is 10.7 Å². The fourth-order valence-corrected chi connectivity index (χ4v) is 2.68. The summed E-state index contributed by atoms with van der Waals surface area (Å²) in [6, 6.07) is 12.1. The van der Waals surface area contributed by atoms with Crippen molar-refractivity contribution in [2.45, 2.75) is 13.0 Å². The molecule has 1 amide bonds. The lowest BCUT2D eigenvalue weighted by molar-refractivity contribution is -0.117. The SMILES string of the molecule is O=C(O)c1ccc2c(c1)CC(=O)N2Cc1ccccc1Cl. The standard InChI is InChI=1S/C16H12ClNO3/c17-13-4-2-1-3-11(13)9-18-14-6-5-10(16(20)21)7-12(14)8-15(18)19/h1-7H,8-9H2,(H,20,21). The summed E-state index contributed by atoms with van der Waals surface area (Å²) in [6.45, 7) is 0.387. The molecule has 4 nitrogen and oxygen atoms in total. The number of hydrogen-bond acceptors (Lipinski definition) is 2. The summed E-state index contributed by atoms with van der Waals surface area (Å²) in [5, 5.41) is 9.62. The number of amides is 1. The van der Waals surface area contributed by atoms with Crippen molar-refractivity contribution in [2.75, 3.05) is 4.90 Å². The molecule has 0 aliphatic carbocycles. The number of benzene rings is 2. The van der Waals surface area contributed by atoms with Gasteiger partial charge in [-0.25, -0.2) is 4.79 Å². The largest absolute Gasteiger partial charge is 0.478 e. The zero-order valence-electron chi connectivity index (χ0n) is 11.0. The van der Waals surface area contributed by atoms with Gasteiger partial charge in [0.2, 0.25) is 5.91 Å². The van der Waals surface area contributed by atoms with Gasteiger partial charge in [-0.2, -0.15) is 0 Å². The number of halogens is 1. The third-order valence-corrected chi connectivity index (χ3v) is 3.91. The molecular weight excluding hydrogens is 290 g/mol. The maximum atomic E-state index is 12.2. The smallest absolute Gasteiger partial charge is 0.335 e. The lowest BCUT2D eigenvalue weighted by Crippen LogP contribution is -2.26. The highest BCUT2D eigenvalue weighted by molar-refractivity contribution is 6.31. The van der Waals surface area contributed by atoms with Crippen molar-refractivity contribution in [1.29, 1.82) is 0 Å². The molecule has 0 spiro atoms. The first-order chi connectivity index (χ1) is 10.1. The molecule has 0 fully saturated rings. The van der Waals surface area contributed by atoms with Crippen LogP contribution >= 0.6 is 11.6 Å². The quantitative estimate of drug-likeness (QED) is 0.947. The second-order valence-electron chi connectivity index (χ2n) is 4.90. The summed E-state index contributed by atoms with van der Waals surface area (Å²) < 4.78 is 0. The van der Waals surface area contributed by atoms with Crippen LogP contribution in [0.2, 0.25) is 5.02 Å². The number of carbonyl (C=O) groups is 2. The Labute approximate surface area is 126 Å². The van der Waals surface area contributed by atoms with E-state index in [-0.39, 0.29) is 17.9 Å². The number of rotatable bonds is 3. The van der Waals surface area contributed by atoms with E-state index in [1.165, 1.54) is 6.07 Å². The Hall–Kier alpha value is -2.33. The van der Waals surface area contributed by atoms with Gasteiger partial charge in [-0.1, -0.05) is 29.8 Å². The molecule has 0 saturated heterocycles. The van der Waals surface area contributed by atoms with E-state index in [1.54, 1.807) is 23.1 Å². The zero-order chi connectivity index (χ0) is 15.0. The number of carboxylic acids is 1. The fraction of sp³-hybridized carbons (Fsp3) is 0.125. The van der Waals surface area contributed by atoms with Gasteiger partial charge >= 0.3 is 5.97 Å². The Balaban J connectivity index is 1.94. The minimum absolute atomic E-state index is 0.0486. The molecule has 1 N–H and O–H groups in total. The van der Waals surface area contributed by atoms with Crippen LogP contribution in [-0.2, 0) is 17.8 Å². The molecule has 0 atom stereocenters. The van der Waals surface area contributed by atoms with E-state index in [2.05, 4.69) is 0 Å². The number of aromatic carboxylic acids is 1. The molecule has 1 aliphatic rings. The highest BCUT2D eigenvalue weighted by atomic mass is 35.5. The number of carbonyl (C=O) groups excluding carboxylic acids is 1. The highest BCUT2D eigenvalue weighted by Gasteiger charge is 2.28. The average Bonchev–Trinajstić information content (AvgIpc) is 2.76. The Morgan fingerprint density at radius 1 is 1.24 bits per heavy atom. The van der Waals surface area contributed by atoms with E-state index < -0.39 is 5.97 Å². The van der Waals surface area contributed by atoms with Crippen LogP contribution in [0.5, 0.6) is 0 Å². The minimum Gasteiger partial charge on any atom is -0.478 e. The van der Waals surface area contributed by atoms with Crippen molar-refractivity contribution in [1.82, 2.24) is 0 Å². The van der Waals surface area contributed by atoms with Crippen LogP contribution in [0.4, 0.5) is 5.69 Å². The van der Waals surface area contributed by atoms with Gasteiger partial charge in [-0.05, 0) is 35.4 Å². The van der Waals surface area contributed by atoms with Crippen molar-refractivity contribution in [3.63, 3.8) is 0 Å². The highest BCUT2D eigenvalue weighted by Crippen LogP contribution is 2.32. The van der Waals surface area contributed by atoms with Gasteiger partial charge in [-0.3, -0.25) is 4.79 Å². The first kappa shape index (κ1) is 13.6. The van der Waals surface area contributed by atoms with E-state index in [0.29, 0.717) is 11.6 Å². The van der Waals surface area contributed by atoms with Gasteiger partial charge in [0.05, 0.1) is 18.5 Å². The average molecular weight is 302 g/mol. The summed E-state index contributed by atoms with van der Waals surface area (Å²) in [7, 11) is 0. The topological polar surface area (TPSA) is 57.6 Å². The molecule has 0 unspecified atom stereocenters. The molecule has 106 valence electrons. The van der Waals surface area contributed by atoms with Crippen molar-refractivity contribution in [3.8, 4) is 0 Å². The molecule has 2 aromatic carbocycles. The van der Waals surface area contributed by atoms with Gasteiger partial charge in [-0.15, -0.1) is 0 Å². The van der Waals surface area contributed by atoms with Crippen LogP contribution < -0.4 is 4.90 Å². The zero-order valence-corrected chi connectivity index (χ0v) is 11.8. The molecule has 0 aromatic heterocycles. The minimum atomic E-state index is -0.991. The first-order valence-electron chi connectivity index (χ1n) is 6.46. The predicted molar refractivity (Wildman–Crippen MR) is 79.7 cm³/mol. The predicted octanol–water partition coefficient (Wildman–Crippen LogP) is 3.13. The summed E-state index contributed by atoms with van der Waals surface area (Å²) in [5.74, 6) is -1.04. The Morgan fingerprint density at radius 2 is 2.00 bits per heavy atom. The van der Waals surface area contributed by atoms with Gasteiger partial charge in [0.1, 0.15) is 0 Å². The lowest BCUT2D eigenvalue weighted by atomic mass is 10.1. The third kappa shape index (κ3) is 2.50. The Bertz CT molecular complexity index is 742. The van der Waals surface area contributed by atoms with Crippen LogP contribution in [-0.4, -0.2) is 17.0 Å². The Morgan fingerprint density at radius 3 is 2.71 bits per heavy atom. The summed E-state index contributed by atoms with van der Waals surface area (Å²) >= 11 is 6.13. The summed E-state index contributed by atoms with van der Waals surface area (Å²) in [6.07, 6.45) is 0.223. The van der Waals surface area contributed by atoms with E-state index in [4.69, 9.17) is 16.7 Å². The molecule has 1 heterocycles. The molecule has 5 heteroatoms. The van der Waals surface area contributed by atoms with Crippen LogP contribution in [0.1, 0.15) is 21.5 Å². The monoisotopic (exact) mass is 301 g/mol. The van der Waals surface area contributed by atoms with Gasteiger partial charge in [0.25, 0.3) is 0 Å². The molecule has 0 radical (unpaired) electrons. The van der Waals surface area contributed by atoms with Crippen molar-refractivity contribution < 1.29 is 14.7 Å². The normalized spacial score (nSPS) is 13.4. The molecule has 21 heavy (non-hydrogen) atoms. The number of carboxylic acid groups (broad SMARTS) is 1. The second kappa shape index (κ2) is 5.22. The molecule has 1 aliphatic heterocycles. The maximum absolute atomic E-state index is 12.2.